The first-order valence-electron chi connectivity index (χ1n) is 11.7. The number of nitrogens with one attached hydrogen (secondary N) is 1. The number of halogens is 1. The van der Waals surface area contributed by atoms with Crippen molar-refractivity contribution in [1.82, 2.24) is 4.98 Å². The van der Waals surface area contributed by atoms with Crippen molar-refractivity contribution >= 4 is 50.9 Å². The Hall–Kier alpha value is -4.09. The predicted molar refractivity (Wildman–Crippen MR) is 148 cm³/mol. The Kier molecular flexibility index (Phi) is 8.41. The number of anilines is 1. The van der Waals surface area contributed by atoms with Gasteiger partial charge in [0.15, 0.2) is 29.0 Å². The van der Waals surface area contributed by atoms with Crippen LogP contribution in [0.4, 0.5) is 5.13 Å². The molecule has 0 bridgehead atoms. The van der Waals surface area contributed by atoms with E-state index >= 15 is 0 Å². The van der Waals surface area contributed by atoms with E-state index in [1.807, 2.05) is 0 Å². The van der Waals surface area contributed by atoms with Gasteiger partial charge in [0.2, 0.25) is 11.2 Å². The van der Waals surface area contributed by atoms with E-state index < -0.39 is 23.9 Å². The SMILES string of the molecule is CCOC(=O)c1sc(NC(=O)COc2c(-c3ccc(OC)c(OC)c3)oc3cc(C)c(Cl)cc3c2=O)nc1C. The van der Waals surface area contributed by atoms with Gasteiger partial charge in [0.1, 0.15) is 10.5 Å². The molecular weight excluding hydrogens is 548 g/mol. The average molecular weight is 573 g/mol. The fourth-order valence-corrected chi connectivity index (χ4v) is 4.77. The second kappa shape index (κ2) is 11.7. The molecule has 0 radical (unpaired) electrons. The van der Waals surface area contributed by atoms with E-state index in [1.54, 1.807) is 45.0 Å². The first-order chi connectivity index (χ1) is 18.7. The third-order valence-electron chi connectivity index (χ3n) is 5.63. The first kappa shape index (κ1) is 27.9. The van der Waals surface area contributed by atoms with Crippen LogP contribution in [-0.2, 0) is 9.53 Å². The number of methoxy groups -OCH3 is 2. The lowest BCUT2D eigenvalue weighted by Crippen LogP contribution is -2.22. The van der Waals surface area contributed by atoms with Crippen molar-refractivity contribution in [3.8, 4) is 28.6 Å². The number of aryl methyl sites for hydroxylation is 2. The normalized spacial score (nSPS) is 10.8. The molecule has 4 aromatic rings. The first-order valence-corrected chi connectivity index (χ1v) is 12.9. The van der Waals surface area contributed by atoms with E-state index in [4.69, 9.17) is 35.0 Å². The highest BCUT2D eigenvalue weighted by molar-refractivity contribution is 7.17. The van der Waals surface area contributed by atoms with Crippen LogP contribution >= 0.6 is 22.9 Å². The van der Waals surface area contributed by atoms with Crippen molar-refractivity contribution in [3.05, 3.63) is 61.7 Å². The molecule has 12 heteroatoms. The molecule has 0 saturated heterocycles. The number of benzene rings is 2. The molecule has 0 aliphatic heterocycles. The molecule has 0 atom stereocenters. The number of rotatable bonds is 9. The van der Waals surface area contributed by atoms with Gasteiger partial charge in [-0.15, -0.1) is 0 Å². The molecule has 0 saturated carbocycles. The molecule has 0 fully saturated rings. The lowest BCUT2D eigenvalue weighted by atomic mass is 10.1. The molecule has 0 aliphatic carbocycles. The summed E-state index contributed by atoms with van der Waals surface area (Å²) in [4.78, 5) is 42.8. The topological polar surface area (TPSA) is 126 Å². The number of esters is 1. The maximum atomic E-state index is 13.5. The molecule has 10 nitrogen and oxygen atoms in total. The standard InChI is InChI=1S/C27H25ClN2O8S/c1-6-36-26(33)25-14(3)29-27(39-25)30-21(31)12-37-24-22(32)16-11-17(28)13(2)9-19(16)38-23(24)15-7-8-18(34-4)20(10-15)35-5/h7-11H,6,12H2,1-5H3,(H,29,30,31). The van der Waals surface area contributed by atoms with E-state index in [9.17, 15) is 14.4 Å². The summed E-state index contributed by atoms with van der Waals surface area (Å²) in [5.41, 5.74) is 1.40. The molecule has 39 heavy (non-hydrogen) atoms. The van der Waals surface area contributed by atoms with E-state index in [0.717, 1.165) is 16.9 Å². The lowest BCUT2D eigenvalue weighted by Gasteiger charge is -2.14. The summed E-state index contributed by atoms with van der Waals surface area (Å²) in [7, 11) is 2.99. The highest BCUT2D eigenvalue weighted by Crippen LogP contribution is 2.37. The van der Waals surface area contributed by atoms with Crippen LogP contribution in [0, 0.1) is 13.8 Å². The zero-order valence-electron chi connectivity index (χ0n) is 21.8. The smallest absolute Gasteiger partial charge is 0.350 e. The average Bonchev–Trinajstić information content (AvgIpc) is 3.28. The van der Waals surface area contributed by atoms with Crippen molar-refractivity contribution in [2.75, 3.05) is 32.8 Å². The van der Waals surface area contributed by atoms with Crippen LogP contribution in [0.25, 0.3) is 22.3 Å². The van der Waals surface area contributed by atoms with Gasteiger partial charge >= 0.3 is 5.97 Å². The van der Waals surface area contributed by atoms with Crippen LogP contribution in [0.2, 0.25) is 5.02 Å². The Morgan fingerprint density at radius 2 is 1.85 bits per heavy atom. The van der Waals surface area contributed by atoms with Gasteiger partial charge in [0.25, 0.3) is 5.91 Å². The molecule has 2 heterocycles. The van der Waals surface area contributed by atoms with Crippen LogP contribution in [0.3, 0.4) is 0 Å². The molecule has 0 spiro atoms. The van der Waals surface area contributed by atoms with E-state index in [0.29, 0.717) is 33.4 Å². The third-order valence-corrected chi connectivity index (χ3v) is 7.09. The predicted octanol–water partition coefficient (Wildman–Crippen LogP) is 5.40. The Balaban J connectivity index is 1.69. The van der Waals surface area contributed by atoms with Crippen LogP contribution < -0.4 is 25.0 Å². The second-order valence-electron chi connectivity index (χ2n) is 8.25. The van der Waals surface area contributed by atoms with Gasteiger partial charge in [-0.1, -0.05) is 22.9 Å². The number of amides is 1. The maximum Gasteiger partial charge on any atom is 0.350 e. The minimum Gasteiger partial charge on any atom is -0.493 e. The van der Waals surface area contributed by atoms with Crippen molar-refractivity contribution in [2.24, 2.45) is 0 Å². The van der Waals surface area contributed by atoms with Crippen molar-refractivity contribution in [2.45, 2.75) is 20.8 Å². The Labute approximate surface area is 232 Å². The van der Waals surface area contributed by atoms with Crippen LogP contribution in [0.1, 0.15) is 27.9 Å². The molecule has 204 valence electrons. The van der Waals surface area contributed by atoms with Gasteiger partial charge in [-0.3, -0.25) is 14.9 Å². The summed E-state index contributed by atoms with van der Waals surface area (Å²) >= 11 is 7.24. The number of carbonyl (C=O) groups is 2. The Morgan fingerprint density at radius 3 is 2.54 bits per heavy atom. The van der Waals surface area contributed by atoms with Crippen LogP contribution in [0.15, 0.2) is 39.5 Å². The number of thiazole rings is 1. The molecular formula is C27H25ClN2O8S. The highest BCUT2D eigenvalue weighted by atomic mass is 35.5. The number of fused-ring (bicyclic) bond motifs is 1. The van der Waals surface area contributed by atoms with Crippen molar-refractivity contribution in [1.29, 1.82) is 0 Å². The van der Waals surface area contributed by atoms with Gasteiger partial charge in [0.05, 0.1) is 31.9 Å². The zero-order chi connectivity index (χ0) is 28.3. The van der Waals surface area contributed by atoms with E-state index in [2.05, 4.69) is 10.3 Å². The molecule has 1 amide bonds. The number of hydrogen-bond acceptors (Lipinski definition) is 10. The van der Waals surface area contributed by atoms with Gasteiger partial charge in [-0.05, 0) is 56.7 Å². The van der Waals surface area contributed by atoms with Gasteiger partial charge in [-0.2, -0.15) is 0 Å². The Morgan fingerprint density at radius 1 is 1.10 bits per heavy atom. The van der Waals surface area contributed by atoms with Crippen molar-refractivity contribution in [3.63, 3.8) is 0 Å². The van der Waals surface area contributed by atoms with Crippen molar-refractivity contribution < 1.29 is 33.0 Å². The number of hydrogen-bond donors (Lipinski definition) is 1. The summed E-state index contributed by atoms with van der Waals surface area (Å²) in [5, 5.41) is 3.35. The minimum atomic E-state index is -0.598. The maximum absolute atomic E-state index is 13.5. The molecule has 0 unspecified atom stereocenters. The summed E-state index contributed by atoms with van der Waals surface area (Å²) in [6, 6.07) is 8.13. The summed E-state index contributed by atoms with van der Waals surface area (Å²) in [6.45, 7) is 4.80. The fraction of sp³-hybridized carbons (Fsp3) is 0.259. The van der Waals surface area contributed by atoms with Gasteiger partial charge in [0, 0.05) is 10.6 Å². The molecule has 0 aliphatic rings. The van der Waals surface area contributed by atoms with Gasteiger partial charge < -0.3 is 23.4 Å². The summed E-state index contributed by atoms with van der Waals surface area (Å²) in [5.74, 6) is -0.324. The number of nitrogens with zero attached hydrogens (tertiary/aromatic N) is 1. The number of aromatic nitrogens is 1. The van der Waals surface area contributed by atoms with E-state index in [-0.39, 0.29) is 33.5 Å². The molecule has 1 N–H and O–H groups in total. The highest BCUT2D eigenvalue weighted by Gasteiger charge is 2.22. The second-order valence-corrected chi connectivity index (χ2v) is 9.65. The lowest BCUT2D eigenvalue weighted by molar-refractivity contribution is -0.118. The quantitative estimate of drug-likeness (QED) is 0.262. The van der Waals surface area contributed by atoms with Gasteiger partial charge in [-0.25, -0.2) is 9.78 Å². The summed E-state index contributed by atoms with van der Waals surface area (Å²) < 4.78 is 27.6. The van der Waals surface area contributed by atoms with Crippen LogP contribution in [-0.4, -0.2) is 44.3 Å². The zero-order valence-corrected chi connectivity index (χ0v) is 23.4. The summed E-state index contributed by atoms with van der Waals surface area (Å²) in [6.07, 6.45) is 0. The largest absolute Gasteiger partial charge is 0.493 e. The molecule has 2 aromatic heterocycles. The monoisotopic (exact) mass is 572 g/mol. The number of carbonyl (C=O) groups excluding carboxylic acids is 2. The van der Waals surface area contributed by atoms with E-state index in [1.165, 1.54) is 20.3 Å². The molecule has 4 rings (SSSR count). The molecule has 2 aromatic carbocycles. The Bertz CT molecular complexity index is 1630. The fourth-order valence-electron chi connectivity index (χ4n) is 3.73. The minimum absolute atomic E-state index is 0.0951. The number of ether oxygens (including phenoxy) is 4. The van der Waals surface area contributed by atoms with Crippen LogP contribution in [0.5, 0.6) is 17.2 Å². The third kappa shape index (κ3) is 5.84.